The van der Waals surface area contributed by atoms with Gasteiger partial charge in [-0.05, 0) is 76.7 Å². The minimum atomic E-state index is -4.46. The lowest BCUT2D eigenvalue weighted by Crippen LogP contribution is -2.47. The van der Waals surface area contributed by atoms with E-state index in [0.29, 0.717) is 17.4 Å². The van der Waals surface area contributed by atoms with Crippen molar-refractivity contribution in [2.45, 2.75) is 392 Å². The number of unbranched alkanes of at least 4 members (excludes halogenated alkanes) is 46. The molecule has 0 aromatic heterocycles. The smallest absolute Gasteiger partial charge is 0.456 e. The minimum Gasteiger partial charge on any atom is -0.456 e. The van der Waals surface area contributed by atoms with Gasteiger partial charge in [-0.15, -0.1) is 0 Å². The molecule has 3 unspecified atom stereocenters. The number of quaternary nitrogens is 1. The highest BCUT2D eigenvalue weighted by Crippen LogP contribution is 2.43. The molecule has 0 fully saturated rings. The summed E-state index contributed by atoms with van der Waals surface area (Å²) in [5.74, 6) is -0.493. The maximum absolute atomic E-state index is 13.7. The fourth-order valence-electron chi connectivity index (χ4n) is 11.7. The first-order chi connectivity index (χ1) is 44.4. The van der Waals surface area contributed by atoms with Gasteiger partial charge in [-0.1, -0.05) is 364 Å². The number of phosphoric ester groups is 1. The molecule has 3 atom stereocenters. The third-order valence-electron chi connectivity index (χ3n) is 17.7. The fraction of sp³-hybridized carbons (Fsp3) is 0.827. The number of hydrogen-bond donors (Lipinski definition) is 2. The fourth-order valence-corrected chi connectivity index (χ4v) is 12.4. The Morgan fingerprint density at radius 2 is 0.703 bits per heavy atom. The summed E-state index contributed by atoms with van der Waals surface area (Å²) in [6, 6.07) is -0.851. The summed E-state index contributed by atoms with van der Waals surface area (Å²) in [4.78, 5) is 38.0. The Labute approximate surface area is 565 Å². The highest BCUT2D eigenvalue weighted by Gasteiger charge is 2.30. The van der Waals surface area contributed by atoms with Crippen LogP contribution in [-0.4, -0.2) is 74.3 Å². The van der Waals surface area contributed by atoms with Crippen LogP contribution in [0, 0.1) is 0 Å². The molecule has 0 heterocycles. The topological polar surface area (TPSA) is 111 Å². The Morgan fingerprint density at radius 3 is 1.05 bits per heavy atom. The molecule has 532 valence electrons. The van der Waals surface area contributed by atoms with Crippen LogP contribution in [0.1, 0.15) is 380 Å². The Morgan fingerprint density at radius 1 is 0.396 bits per heavy atom. The van der Waals surface area contributed by atoms with E-state index in [2.05, 4.69) is 86.8 Å². The van der Waals surface area contributed by atoms with Gasteiger partial charge < -0.3 is 19.4 Å². The number of carbonyl (C=O) groups is 2. The van der Waals surface area contributed by atoms with Crippen LogP contribution in [0.2, 0.25) is 0 Å². The van der Waals surface area contributed by atoms with E-state index in [9.17, 15) is 19.0 Å². The summed E-state index contributed by atoms with van der Waals surface area (Å²) in [7, 11) is 1.51. The molecule has 0 aromatic carbocycles. The number of amides is 1. The number of rotatable bonds is 72. The summed E-state index contributed by atoms with van der Waals surface area (Å²) in [6.45, 7) is 6.95. The Balaban J connectivity index is 4.88. The van der Waals surface area contributed by atoms with E-state index >= 15 is 0 Å². The number of ether oxygens (including phenoxy) is 1. The van der Waals surface area contributed by atoms with Crippen LogP contribution < -0.4 is 5.32 Å². The maximum atomic E-state index is 13.7. The summed E-state index contributed by atoms with van der Waals surface area (Å²) >= 11 is 0. The summed E-state index contributed by atoms with van der Waals surface area (Å²) in [5.41, 5.74) is 0. The molecule has 91 heavy (non-hydrogen) atoms. The average molecular weight is 1300 g/mol. The number of likely N-dealkylation sites (N-methyl/N-ethyl adjacent to an activating group) is 1. The van der Waals surface area contributed by atoms with Gasteiger partial charge in [0.15, 0.2) is 0 Å². The Bertz CT molecular complexity index is 1780. The zero-order chi connectivity index (χ0) is 66.3. The van der Waals surface area contributed by atoms with Crippen molar-refractivity contribution in [3.63, 3.8) is 0 Å². The average Bonchev–Trinajstić information content (AvgIpc) is 3.03. The summed E-state index contributed by atoms with van der Waals surface area (Å²) in [6.07, 6.45) is 93.7. The van der Waals surface area contributed by atoms with Crippen molar-refractivity contribution in [2.75, 3.05) is 40.9 Å². The molecule has 0 radical (unpaired) electrons. The summed E-state index contributed by atoms with van der Waals surface area (Å²) < 4.78 is 30.9. The lowest BCUT2D eigenvalue weighted by Gasteiger charge is -2.27. The van der Waals surface area contributed by atoms with E-state index in [1.165, 1.54) is 257 Å². The number of hydrogen-bond acceptors (Lipinski definition) is 6. The van der Waals surface area contributed by atoms with Crippen LogP contribution >= 0.6 is 7.82 Å². The van der Waals surface area contributed by atoms with Crippen molar-refractivity contribution in [3.8, 4) is 0 Å². The second kappa shape index (κ2) is 70.3. The molecular weight excluding hydrogens is 1140 g/mol. The van der Waals surface area contributed by atoms with E-state index in [4.69, 9.17) is 13.8 Å². The molecule has 2 N–H and O–H groups in total. The third kappa shape index (κ3) is 71.6. The van der Waals surface area contributed by atoms with E-state index in [0.717, 1.165) is 89.9 Å². The number of phosphoric acid groups is 1. The van der Waals surface area contributed by atoms with E-state index in [-0.39, 0.29) is 31.5 Å². The van der Waals surface area contributed by atoms with Gasteiger partial charge in [0, 0.05) is 12.8 Å². The minimum absolute atomic E-state index is 0.0401. The number of nitrogens with one attached hydrogen (secondary N) is 1. The van der Waals surface area contributed by atoms with Crippen molar-refractivity contribution < 1.29 is 37.3 Å². The molecule has 1 amide bonds. The quantitative estimate of drug-likeness (QED) is 0.0205. The monoisotopic (exact) mass is 1300 g/mol. The van der Waals surface area contributed by atoms with Crippen molar-refractivity contribution >= 4 is 19.7 Å². The van der Waals surface area contributed by atoms with Crippen LogP contribution in [0.5, 0.6) is 0 Å². The lowest BCUT2D eigenvalue weighted by molar-refractivity contribution is -0.870. The van der Waals surface area contributed by atoms with Crippen LogP contribution in [0.25, 0.3) is 0 Å². The molecule has 9 nitrogen and oxygen atoms in total. The molecular formula is C81H152N2O7P+. The van der Waals surface area contributed by atoms with Crippen LogP contribution in [-0.2, 0) is 27.9 Å². The van der Waals surface area contributed by atoms with Gasteiger partial charge in [-0.3, -0.25) is 18.6 Å². The van der Waals surface area contributed by atoms with Gasteiger partial charge in [-0.25, -0.2) is 4.57 Å². The second-order valence-electron chi connectivity index (χ2n) is 27.9. The zero-order valence-corrected chi connectivity index (χ0v) is 62.0. The molecule has 0 aliphatic heterocycles. The van der Waals surface area contributed by atoms with E-state index in [1.54, 1.807) is 0 Å². The number of allylic oxidation sites excluding steroid dienone is 11. The molecule has 0 spiro atoms. The van der Waals surface area contributed by atoms with Crippen molar-refractivity contribution in [2.24, 2.45) is 0 Å². The standard InChI is InChI=1S/C81H151N2O7P/c1-7-10-13-16-19-22-25-27-29-31-33-35-37-39-41-43-45-47-49-51-53-55-58-61-64-67-70-73-80(84)82-78(77-89-91(86,87)88-76-75-83(4,5)6)79(72-69-66-63-60-57-24-21-18-15-12-9-3)90-81(85)74-71-68-65-62-59-56-54-52-50-48-46-44-42-40-38-36-34-32-30-28-26-23-20-17-14-11-8-2/h11,14,20,23,28,30,34,36,40,42,69,72,78-79H,7-10,12-13,15-19,21-22,24-27,29,31-33,35,37-39,41,43-68,70-71,73-77H2,1-6H3,(H-,82,84,86,87)/p+1/b14-11-,23-20-,30-28-,36-34-,42-40-,72-69+. The first-order valence-electron chi connectivity index (χ1n) is 39.3. The van der Waals surface area contributed by atoms with Gasteiger partial charge in [0.1, 0.15) is 19.3 Å². The van der Waals surface area contributed by atoms with Gasteiger partial charge in [-0.2, -0.15) is 0 Å². The number of nitrogens with zero attached hydrogens (tertiary/aromatic N) is 1. The normalized spacial score (nSPS) is 13.8. The molecule has 0 saturated carbocycles. The first-order valence-corrected chi connectivity index (χ1v) is 40.8. The van der Waals surface area contributed by atoms with Gasteiger partial charge in [0.25, 0.3) is 0 Å². The van der Waals surface area contributed by atoms with Crippen LogP contribution in [0.15, 0.2) is 72.9 Å². The lowest BCUT2D eigenvalue weighted by atomic mass is 10.0. The van der Waals surface area contributed by atoms with E-state index in [1.807, 2.05) is 33.3 Å². The van der Waals surface area contributed by atoms with Crippen LogP contribution in [0.3, 0.4) is 0 Å². The SMILES string of the molecule is CC/C=C\C/C=C\C/C=C\C/C=C\C/C=C\CCCCCCCCCCCCCC(=O)OC(/C=C/CCCCCCCCCCC)C(COP(=O)(O)OCC[N+](C)(C)C)NC(=O)CCCCCCCCCCCCCCCCCCCCCCCCCCCCC. The van der Waals surface area contributed by atoms with Crippen molar-refractivity contribution in [3.05, 3.63) is 72.9 Å². The predicted molar refractivity (Wildman–Crippen MR) is 397 cm³/mol. The molecule has 0 aliphatic rings. The predicted octanol–water partition coefficient (Wildman–Crippen LogP) is 25.5. The highest BCUT2D eigenvalue weighted by molar-refractivity contribution is 7.47. The molecule has 0 rings (SSSR count). The van der Waals surface area contributed by atoms with Gasteiger partial charge >= 0.3 is 13.8 Å². The highest BCUT2D eigenvalue weighted by atomic mass is 31.2. The summed E-state index contributed by atoms with van der Waals surface area (Å²) in [5, 5.41) is 3.08. The molecule has 0 saturated heterocycles. The molecule has 0 aromatic rings. The molecule has 0 bridgehead atoms. The van der Waals surface area contributed by atoms with Crippen molar-refractivity contribution in [1.82, 2.24) is 5.32 Å². The maximum Gasteiger partial charge on any atom is 0.472 e. The van der Waals surface area contributed by atoms with Crippen LogP contribution in [0.4, 0.5) is 0 Å². The second-order valence-corrected chi connectivity index (χ2v) is 29.3. The number of carbonyl (C=O) groups excluding carboxylic acids is 2. The van der Waals surface area contributed by atoms with Gasteiger partial charge in [0.05, 0.1) is 33.8 Å². The Kier molecular flexibility index (Phi) is 68.3. The molecule has 10 heteroatoms. The zero-order valence-electron chi connectivity index (χ0n) is 61.1. The van der Waals surface area contributed by atoms with E-state index < -0.39 is 20.0 Å². The van der Waals surface area contributed by atoms with Crippen molar-refractivity contribution in [1.29, 1.82) is 0 Å². The molecule has 0 aliphatic carbocycles. The largest absolute Gasteiger partial charge is 0.472 e. The Hall–Kier alpha value is -2.55. The number of esters is 1. The van der Waals surface area contributed by atoms with Gasteiger partial charge in [0.2, 0.25) is 5.91 Å². The third-order valence-corrected chi connectivity index (χ3v) is 18.6. The first kappa shape index (κ1) is 88.5.